The summed E-state index contributed by atoms with van der Waals surface area (Å²) in [6, 6.07) is 20.3. The lowest BCUT2D eigenvalue weighted by molar-refractivity contribution is -0.147. The normalized spacial score (nSPS) is 10.8. The maximum absolute atomic E-state index is 11.7. The lowest BCUT2D eigenvalue weighted by Crippen LogP contribution is -2.17. The van der Waals surface area contributed by atoms with Crippen molar-refractivity contribution < 1.29 is 9.53 Å². The second-order valence-electron chi connectivity index (χ2n) is 5.16. The van der Waals surface area contributed by atoms with Crippen LogP contribution in [0.25, 0.3) is 0 Å². The molecule has 2 rings (SSSR count). The molecule has 0 spiro atoms. The molecule has 2 heteroatoms. The minimum Gasteiger partial charge on any atom is -0.464 e. The van der Waals surface area contributed by atoms with Crippen molar-refractivity contribution in [2.24, 2.45) is 5.92 Å². The van der Waals surface area contributed by atoms with Crippen molar-refractivity contribution in [3.05, 3.63) is 71.8 Å². The summed E-state index contributed by atoms with van der Waals surface area (Å²) in [4.78, 5) is 11.7. The molecule has 0 saturated heterocycles. The molecule has 0 aliphatic carbocycles. The van der Waals surface area contributed by atoms with Gasteiger partial charge in [-0.2, -0.15) is 0 Å². The highest BCUT2D eigenvalue weighted by Gasteiger charge is 2.17. The quantitative estimate of drug-likeness (QED) is 0.766. The summed E-state index contributed by atoms with van der Waals surface area (Å²) >= 11 is 0. The first-order valence-corrected chi connectivity index (χ1v) is 6.95. The van der Waals surface area contributed by atoms with Crippen molar-refractivity contribution in [2.45, 2.75) is 19.8 Å². The van der Waals surface area contributed by atoms with Gasteiger partial charge in [0.25, 0.3) is 0 Å². The van der Waals surface area contributed by atoms with Gasteiger partial charge in [-0.25, -0.2) is 0 Å². The molecule has 0 fully saturated rings. The third-order valence-corrected chi connectivity index (χ3v) is 3.27. The van der Waals surface area contributed by atoms with E-state index in [1.165, 1.54) is 0 Å². The molecule has 2 aromatic carbocycles. The lowest BCUT2D eigenvalue weighted by atomic mass is 9.92. The highest BCUT2D eigenvalue weighted by Crippen LogP contribution is 2.25. The van der Waals surface area contributed by atoms with Gasteiger partial charge in [-0.05, 0) is 11.1 Å². The third kappa shape index (κ3) is 3.70. The van der Waals surface area contributed by atoms with Crippen LogP contribution in [-0.4, -0.2) is 12.6 Å². The molecule has 0 atom stereocenters. The lowest BCUT2D eigenvalue weighted by Gasteiger charge is -2.18. The van der Waals surface area contributed by atoms with Crippen LogP contribution < -0.4 is 0 Å². The first kappa shape index (κ1) is 14.3. The van der Waals surface area contributed by atoms with Gasteiger partial charge in [0, 0.05) is 5.92 Å². The van der Waals surface area contributed by atoms with Crippen LogP contribution in [0.1, 0.15) is 30.9 Å². The second kappa shape index (κ2) is 6.90. The molecule has 0 amide bonds. The maximum Gasteiger partial charge on any atom is 0.308 e. The van der Waals surface area contributed by atoms with Crippen LogP contribution in [0, 0.1) is 5.92 Å². The number of carbonyl (C=O) groups excluding carboxylic acids is 1. The summed E-state index contributed by atoms with van der Waals surface area (Å²) in [7, 11) is 0. The molecule has 104 valence electrons. The van der Waals surface area contributed by atoms with E-state index in [-0.39, 0.29) is 17.8 Å². The van der Waals surface area contributed by atoms with Gasteiger partial charge in [-0.3, -0.25) is 4.79 Å². The SMILES string of the molecule is CC(C)C(=O)OCC(c1ccccc1)c1ccccc1. The van der Waals surface area contributed by atoms with E-state index >= 15 is 0 Å². The number of ether oxygens (including phenoxy) is 1. The molecular formula is C18H20O2. The molecule has 0 saturated carbocycles. The Labute approximate surface area is 120 Å². The van der Waals surface area contributed by atoms with Gasteiger partial charge >= 0.3 is 5.97 Å². The Balaban J connectivity index is 2.20. The Morgan fingerprint density at radius 2 is 1.35 bits per heavy atom. The zero-order valence-electron chi connectivity index (χ0n) is 12.0. The first-order valence-electron chi connectivity index (χ1n) is 6.95. The van der Waals surface area contributed by atoms with Gasteiger partial charge in [0.15, 0.2) is 0 Å². The fraction of sp³-hybridized carbons (Fsp3) is 0.278. The number of rotatable bonds is 5. The highest BCUT2D eigenvalue weighted by molar-refractivity contribution is 5.71. The van der Waals surface area contributed by atoms with Crippen LogP contribution in [0.3, 0.4) is 0 Å². The molecule has 0 N–H and O–H groups in total. The first-order chi connectivity index (χ1) is 9.68. The number of esters is 1. The molecule has 2 aromatic rings. The summed E-state index contributed by atoms with van der Waals surface area (Å²) in [6.07, 6.45) is 0. The third-order valence-electron chi connectivity index (χ3n) is 3.27. The Hall–Kier alpha value is -2.09. The summed E-state index contributed by atoms with van der Waals surface area (Å²) in [5, 5.41) is 0. The largest absolute Gasteiger partial charge is 0.464 e. The predicted octanol–water partition coefficient (Wildman–Crippen LogP) is 4.02. The molecule has 0 aromatic heterocycles. The van der Waals surface area contributed by atoms with Crippen molar-refractivity contribution in [1.82, 2.24) is 0 Å². The van der Waals surface area contributed by atoms with Crippen LogP contribution in [-0.2, 0) is 9.53 Å². The molecule has 0 bridgehead atoms. The highest BCUT2D eigenvalue weighted by atomic mass is 16.5. The molecule has 2 nitrogen and oxygen atoms in total. The number of carbonyl (C=O) groups is 1. The summed E-state index contributed by atoms with van der Waals surface area (Å²) in [5.41, 5.74) is 2.32. The van der Waals surface area contributed by atoms with E-state index in [2.05, 4.69) is 24.3 Å². The number of hydrogen-bond donors (Lipinski definition) is 0. The van der Waals surface area contributed by atoms with Crippen molar-refractivity contribution in [3.63, 3.8) is 0 Å². The van der Waals surface area contributed by atoms with Crippen molar-refractivity contribution in [1.29, 1.82) is 0 Å². The fourth-order valence-electron chi connectivity index (χ4n) is 2.09. The Bertz CT molecular complexity index is 492. The molecular weight excluding hydrogens is 248 g/mol. The van der Waals surface area contributed by atoms with E-state index < -0.39 is 0 Å². The molecule has 0 unspecified atom stereocenters. The van der Waals surface area contributed by atoms with Crippen molar-refractivity contribution in [3.8, 4) is 0 Å². The smallest absolute Gasteiger partial charge is 0.308 e. The minimum atomic E-state index is -0.151. The summed E-state index contributed by atoms with van der Waals surface area (Å²) < 4.78 is 5.44. The van der Waals surface area contributed by atoms with Gasteiger partial charge in [-0.1, -0.05) is 74.5 Å². The topological polar surface area (TPSA) is 26.3 Å². The average molecular weight is 268 g/mol. The van der Waals surface area contributed by atoms with Crippen LogP contribution >= 0.6 is 0 Å². The monoisotopic (exact) mass is 268 g/mol. The van der Waals surface area contributed by atoms with Gasteiger partial charge in [0.05, 0.1) is 5.92 Å². The average Bonchev–Trinajstić information content (AvgIpc) is 2.49. The minimum absolute atomic E-state index is 0.0834. The Morgan fingerprint density at radius 3 is 1.75 bits per heavy atom. The predicted molar refractivity (Wildman–Crippen MR) is 80.5 cm³/mol. The van der Waals surface area contributed by atoms with Gasteiger partial charge in [-0.15, -0.1) is 0 Å². The molecule has 0 aliphatic rings. The molecule has 0 radical (unpaired) electrons. The Morgan fingerprint density at radius 1 is 0.900 bits per heavy atom. The van der Waals surface area contributed by atoms with Crippen LogP contribution in [0.2, 0.25) is 0 Å². The van der Waals surface area contributed by atoms with E-state index in [1.807, 2.05) is 50.2 Å². The fourth-order valence-corrected chi connectivity index (χ4v) is 2.09. The zero-order valence-corrected chi connectivity index (χ0v) is 12.0. The van der Waals surface area contributed by atoms with Gasteiger partial charge < -0.3 is 4.74 Å². The van der Waals surface area contributed by atoms with Crippen molar-refractivity contribution in [2.75, 3.05) is 6.61 Å². The van der Waals surface area contributed by atoms with E-state index in [0.29, 0.717) is 6.61 Å². The maximum atomic E-state index is 11.7. The standard InChI is InChI=1S/C18H20O2/c1-14(2)18(19)20-13-17(15-9-5-3-6-10-15)16-11-7-4-8-12-16/h3-12,14,17H,13H2,1-2H3. The van der Waals surface area contributed by atoms with Crippen LogP contribution in [0.5, 0.6) is 0 Å². The van der Waals surface area contributed by atoms with Gasteiger partial charge in [0.1, 0.15) is 6.61 Å². The van der Waals surface area contributed by atoms with Crippen LogP contribution in [0.4, 0.5) is 0 Å². The Kier molecular flexibility index (Phi) is 4.94. The van der Waals surface area contributed by atoms with E-state index in [4.69, 9.17) is 4.74 Å². The second-order valence-corrected chi connectivity index (χ2v) is 5.16. The van der Waals surface area contributed by atoms with E-state index in [0.717, 1.165) is 11.1 Å². The van der Waals surface area contributed by atoms with E-state index in [9.17, 15) is 4.79 Å². The summed E-state index contributed by atoms with van der Waals surface area (Å²) in [6.45, 7) is 4.08. The number of benzene rings is 2. The van der Waals surface area contributed by atoms with E-state index in [1.54, 1.807) is 0 Å². The number of hydrogen-bond acceptors (Lipinski definition) is 2. The molecule has 0 aliphatic heterocycles. The van der Waals surface area contributed by atoms with Gasteiger partial charge in [0.2, 0.25) is 0 Å². The zero-order chi connectivity index (χ0) is 14.4. The summed E-state index contributed by atoms with van der Waals surface area (Å²) in [5.74, 6) is -0.163. The molecule has 20 heavy (non-hydrogen) atoms. The van der Waals surface area contributed by atoms with Crippen LogP contribution in [0.15, 0.2) is 60.7 Å². The molecule has 0 heterocycles. The van der Waals surface area contributed by atoms with Crippen molar-refractivity contribution >= 4 is 5.97 Å².